The summed E-state index contributed by atoms with van der Waals surface area (Å²) in [5.41, 5.74) is 5.84. The van der Waals surface area contributed by atoms with E-state index in [2.05, 4.69) is 24.1 Å². The van der Waals surface area contributed by atoms with E-state index in [1.165, 1.54) is 0 Å². The Kier molecular flexibility index (Phi) is 7.23. The summed E-state index contributed by atoms with van der Waals surface area (Å²) in [6.45, 7) is 7.84. The Morgan fingerprint density at radius 3 is 2.94 bits per heavy atom. The minimum atomic E-state index is 0.105. The second-order valence-electron chi connectivity index (χ2n) is 4.82. The van der Waals surface area contributed by atoms with Crippen molar-refractivity contribution in [2.45, 2.75) is 45.2 Å². The fourth-order valence-corrected chi connectivity index (χ4v) is 2.39. The van der Waals surface area contributed by atoms with Gasteiger partial charge in [-0.2, -0.15) is 0 Å². The van der Waals surface area contributed by atoms with Crippen molar-refractivity contribution in [1.82, 2.24) is 10.2 Å². The highest BCUT2D eigenvalue weighted by atomic mass is 16.5. The molecule has 106 valence electrons. The lowest BCUT2D eigenvalue weighted by atomic mass is 10.1. The Hall–Kier alpha value is -0.650. The van der Waals surface area contributed by atoms with Crippen molar-refractivity contribution in [2.24, 2.45) is 5.73 Å². The zero-order valence-corrected chi connectivity index (χ0v) is 11.7. The molecule has 2 atom stereocenters. The zero-order chi connectivity index (χ0) is 13.4. The molecular formula is C13H27N3O2. The molecule has 0 spiro atoms. The molecule has 1 heterocycles. The first kappa shape index (κ1) is 15.4. The third-order valence-electron chi connectivity index (χ3n) is 3.48. The van der Waals surface area contributed by atoms with Crippen LogP contribution in [0.2, 0.25) is 0 Å². The topological polar surface area (TPSA) is 67.6 Å². The predicted octanol–water partition coefficient (Wildman–Crippen LogP) is 0.341. The van der Waals surface area contributed by atoms with Crippen molar-refractivity contribution in [3.05, 3.63) is 0 Å². The number of morpholine rings is 1. The summed E-state index contributed by atoms with van der Waals surface area (Å²) in [6.07, 6.45) is 2.49. The number of ether oxygens (including phenoxy) is 1. The van der Waals surface area contributed by atoms with Gasteiger partial charge in [-0.15, -0.1) is 0 Å². The first-order chi connectivity index (χ1) is 8.72. The van der Waals surface area contributed by atoms with Crippen molar-refractivity contribution in [3.8, 4) is 0 Å². The van der Waals surface area contributed by atoms with Gasteiger partial charge in [-0.1, -0.05) is 13.8 Å². The van der Waals surface area contributed by atoms with Crippen molar-refractivity contribution in [3.63, 3.8) is 0 Å². The predicted molar refractivity (Wildman–Crippen MR) is 72.4 cm³/mol. The fraction of sp³-hybridized carbons (Fsp3) is 0.923. The van der Waals surface area contributed by atoms with Gasteiger partial charge in [0.25, 0.3) is 0 Å². The minimum Gasteiger partial charge on any atom is -0.378 e. The van der Waals surface area contributed by atoms with Crippen molar-refractivity contribution >= 4 is 5.91 Å². The van der Waals surface area contributed by atoms with E-state index in [-0.39, 0.29) is 11.9 Å². The number of nitrogens with zero attached hydrogens (tertiary/aromatic N) is 1. The summed E-state index contributed by atoms with van der Waals surface area (Å²) >= 11 is 0. The SMILES string of the molecule is CCCNC(=O)CC(CN)N1CCOCC1CC. The minimum absolute atomic E-state index is 0.105. The van der Waals surface area contributed by atoms with Gasteiger partial charge < -0.3 is 15.8 Å². The summed E-state index contributed by atoms with van der Waals surface area (Å²) in [6, 6.07) is 0.530. The highest BCUT2D eigenvalue weighted by Crippen LogP contribution is 2.15. The Labute approximate surface area is 110 Å². The lowest BCUT2D eigenvalue weighted by Gasteiger charge is -2.40. The molecule has 0 aliphatic carbocycles. The number of nitrogens with two attached hydrogens (primary N) is 1. The van der Waals surface area contributed by atoms with E-state index >= 15 is 0 Å². The molecule has 0 saturated carbocycles. The first-order valence-corrected chi connectivity index (χ1v) is 7.03. The Balaban J connectivity index is 2.49. The molecule has 0 radical (unpaired) electrons. The second kappa shape index (κ2) is 8.45. The van der Waals surface area contributed by atoms with Gasteiger partial charge in [0, 0.05) is 38.1 Å². The monoisotopic (exact) mass is 257 g/mol. The summed E-state index contributed by atoms with van der Waals surface area (Å²) in [4.78, 5) is 14.1. The quantitative estimate of drug-likeness (QED) is 0.690. The average molecular weight is 257 g/mol. The highest BCUT2D eigenvalue weighted by molar-refractivity contribution is 5.76. The molecule has 5 heteroatoms. The lowest BCUT2D eigenvalue weighted by Crippen LogP contribution is -2.54. The number of amides is 1. The van der Waals surface area contributed by atoms with E-state index in [1.54, 1.807) is 0 Å². The van der Waals surface area contributed by atoms with Crippen molar-refractivity contribution < 1.29 is 9.53 Å². The molecule has 1 aliphatic rings. The Bertz CT molecular complexity index is 248. The summed E-state index contributed by atoms with van der Waals surface area (Å²) in [5, 5.41) is 2.92. The van der Waals surface area contributed by atoms with Crippen molar-refractivity contribution in [1.29, 1.82) is 0 Å². The van der Waals surface area contributed by atoms with Crippen LogP contribution in [0.25, 0.3) is 0 Å². The largest absolute Gasteiger partial charge is 0.378 e. The van der Waals surface area contributed by atoms with Gasteiger partial charge in [0.15, 0.2) is 0 Å². The van der Waals surface area contributed by atoms with Crippen LogP contribution in [0.3, 0.4) is 0 Å². The molecule has 1 amide bonds. The molecule has 2 unspecified atom stereocenters. The molecule has 0 aromatic heterocycles. The number of nitrogens with one attached hydrogen (secondary N) is 1. The third kappa shape index (κ3) is 4.55. The molecule has 0 aromatic carbocycles. The molecule has 1 saturated heterocycles. The maximum absolute atomic E-state index is 11.8. The van der Waals surface area contributed by atoms with Gasteiger partial charge in [-0.25, -0.2) is 0 Å². The van der Waals surface area contributed by atoms with Gasteiger partial charge in [0.05, 0.1) is 13.2 Å². The molecule has 1 fully saturated rings. The highest BCUT2D eigenvalue weighted by Gasteiger charge is 2.28. The standard InChI is InChI=1S/C13H27N3O2/c1-3-5-15-13(17)8-12(9-14)16-6-7-18-10-11(16)4-2/h11-12H,3-10,14H2,1-2H3,(H,15,17). The normalized spacial score (nSPS) is 22.7. The second-order valence-corrected chi connectivity index (χ2v) is 4.82. The molecule has 1 rings (SSSR count). The number of hydrogen-bond acceptors (Lipinski definition) is 4. The molecule has 1 aliphatic heterocycles. The maximum atomic E-state index is 11.8. The van der Waals surface area contributed by atoms with Gasteiger partial charge in [0.2, 0.25) is 5.91 Å². The molecule has 0 aromatic rings. The Morgan fingerprint density at radius 2 is 2.33 bits per heavy atom. The smallest absolute Gasteiger partial charge is 0.221 e. The van der Waals surface area contributed by atoms with E-state index < -0.39 is 0 Å². The summed E-state index contributed by atoms with van der Waals surface area (Å²) in [7, 11) is 0. The fourth-order valence-electron chi connectivity index (χ4n) is 2.39. The van der Waals surface area contributed by atoms with Gasteiger partial charge in [0.1, 0.15) is 0 Å². The Morgan fingerprint density at radius 1 is 1.56 bits per heavy atom. The van der Waals surface area contributed by atoms with Crippen LogP contribution in [-0.4, -0.2) is 55.7 Å². The van der Waals surface area contributed by atoms with Crippen molar-refractivity contribution in [2.75, 3.05) is 32.8 Å². The van der Waals surface area contributed by atoms with E-state index in [4.69, 9.17) is 10.5 Å². The third-order valence-corrected chi connectivity index (χ3v) is 3.48. The van der Waals surface area contributed by atoms with Gasteiger partial charge >= 0.3 is 0 Å². The molecule has 18 heavy (non-hydrogen) atoms. The zero-order valence-electron chi connectivity index (χ0n) is 11.7. The van der Waals surface area contributed by atoms with Gasteiger partial charge in [-0.05, 0) is 12.8 Å². The van der Waals surface area contributed by atoms with Crippen LogP contribution in [0, 0.1) is 0 Å². The molecular weight excluding hydrogens is 230 g/mol. The van der Waals surface area contributed by atoms with Crippen LogP contribution in [0.15, 0.2) is 0 Å². The number of carbonyl (C=O) groups excluding carboxylic acids is 1. The van der Waals surface area contributed by atoms with Gasteiger partial charge in [-0.3, -0.25) is 9.69 Å². The lowest BCUT2D eigenvalue weighted by molar-refractivity contribution is -0.123. The number of rotatable bonds is 7. The van der Waals surface area contributed by atoms with Crippen LogP contribution in [-0.2, 0) is 9.53 Å². The summed E-state index contributed by atoms with van der Waals surface area (Å²) < 4.78 is 5.48. The summed E-state index contributed by atoms with van der Waals surface area (Å²) in [5.74, 6) is 0.105. The van der Waals surface area contributed by atoms with E-state index in [0.717, 1.165) is 39.1 Å². The van der Waals surface area contributed by atoms with E-state index in [9.17, 15) is 4.79 Å². The molecule has 0 bridgehead atoms. The van der Waals surface area contributed by atoms with E-state index in [1.807, 2.05) is 0 Å². The van der Waals surface area contributed by atoms with Crippen LogP contribution in [0.1, 0.15) is 33.1 Å². The van der Waals surface area contributed by atoms with Crippen LogP contribution >= 0.6 is 0 Å². The first-order valence-electron chi connectivity index (χ1n) is 7.03. The molecule has 5 nitrogen and oxygen atoms in total. The maximum Gasteiger partial charge on any atom is 0.221 e. The number of carbonyl (C=O) groups is 1. The molecule has 3 N–H and O–H groups in total. The van der Waals surface area contributed by atoms with Crippen LogP contribution < -0.4 is 11.1 Å². The van der Waals surface area contributed by atoms with Crippen LogP contribution in [0.4, 0.5) is 0 Å². The number of hydrogen-bond donors (Lipinski definition) is 2. The van der Waals surface area contributed by atoms with E-state index in [0.29, 0.717) is 19.0 Å². The average Bonchev–Trinajstić information content (AvgIpc) is 2.42. The van der Waals surface area contributed by atoms with Crippen LogP contribution in [0.5, 0.6) is 0 Å².